The average molecular weight is 388 g/mol. The fourth-order valence-electron chi connectivity index (χ4n) is 1.41. The summed E-state index contributed by atoms with van der Waals surface area (Å²) in [6, 6.07) is 5.47. The monoisotopic (exact) mass is 386 g/mol. The molecule has 0 unspecified atom stereocenters. The number of likely N-dealkylation sites (N-methyl/N-ethyl adjacent to an activating group) is 1. The van der Waals surface area contributed by atoms with Gasteiger partial charge in [-0.15, -0.1) is 0 Å². The number of halogens is 2. The Labute approximate surface area is 128 Å². The van der Waals surface area contributed by atoms with E-state index in [-0.39, 0.29) is 11.5 Å². The summed E-state index contributed by atoms with van der Waals surface area (Å²) in [5.74, 6) is 0.333. The molecular weight excluding hydrogens is 376 g/mol. The number of methoxy groups -OCH3 is 1. The first-order valence-electron chi connectivity index (χ1n) is 5.27. The lowest BCUT2D eigenvalue weighted by Gasteiger charge is -2.10. The number of carbonyl (C=O) groups is 1. The van der Waals surface area contributed by atoms with Gasteiger partial charge in [-0.05, 0) is 55.6 Å². The molecule has 0 saturated carbocycles. The lowest BCUT2D eigenvalue weighted by atomic mass is 10.1. The van der Waals surface area contributed by atoms with Gasteiger partial charge in [-0.25, -0.2) is 0 Å². The Bertz CT molecular complexity index is 551. The Morgan fingerprint density at radius 3 is 2.26 bits per heavy atom. The molecule has 19 heavy (non-hydrogen) atoms. The van der Waals surface area contributed by atoms with Crippen molar-refractivity contribution in [2.45, 2.75) is 0 Å². The molecular formula is C13H12Br2N2O2. The molecule has 100 valence electrons. The molecule has 0 aromatic heterocycles. The second-order valence-corrected chi connectivity index (χ2v) is 5.60. The molecule has 0 N–H and O–H groups in total. The zero-order valence-corrected chi connectivity index (χ0v) is 13.9. The first kappa shape index (κ1) is 15.7. The third kappa shape index (κ3) is 3.82. The minimum atomic E-state index is -0.328. The summed E-state index contributed by atoms with van der Waals surface area (Å²) >= 11 is 6.75. The van der Waals surface area contributed by atoms with E-state index in [1.54, 1.807) is 33.3 Å². The van der Waals surface area contributed by atoms with Crippen molar-refractivity contribution < 1.29 is 9.53 Å². The summed E-state index contributed by atoms with van der Waals surface area (Å²) < 4.78 is 6.68. The van der Waals surface area contributed by atoms with Gasteiger partial charge in [0, 0.05) is 14.1 Å². The summed E-state index contributed by atoms with van der Waals surface area (Å²) in [6.45, 7) is 0. The highest BCUT2D eigenvalue weighted by molar-refractivity contribution is 9.11. The summed E-state index contributed by atoms with van der Waals surface area (Å²) in [7, 11) is 4.78. The predicted molar refractivity (Wildman–Crippen MR) is 80.7 cm³/mol. The molecule has 1 aromatic rings. The van der Waals surface area contributed by atoms with Gasteiger partial charge in [0.05, 0.1) is 16.1 Å². The highest BCUT2D eigenvalue weighted by atomic mass is 79.9. The van der Waals surface area contributed by atoms with E-state index in [0.717, 1.165) is 14.5 Å². The Hall–Kier alpha value is -1.32. The normalized spacial score (nSPS) is 10.8. The van der Waals surface area contributed by atoms with E-state index in [2.05, 4.69) is 31.9 Å². The summed E-state index contributed by atoms with van der Waals surface area (Å²) in [4.78, 5) is 13.1. The van der Waals surface area contributed by atoms with Crippen LogP contribution in [0.15, 0.2) is 26.7 Å². The number of amides is 1. The van der Waals surface area contributed by atoms with Gasteiger partial charge in [0.25, 0.3) is 5.91 Å². The Morgan fingerprint density at radius 2 is 1.89 bits per heavy atom. The molecule has 0 saturated heterocycles. The SMILES string of the molecule is COc1c(Br)cc(/C=C(/C#N)C(=O)N(C)C)cc1Br. The molecule has 0 atom stereocenters. The number of nitriles is 1. The van der Waals surface area contributed by atoms with Gasteiger partial charge in [0.1, 0.15) is 17.4 Å². The Balaban J connectivity index is 3.25. The van der Waals surface area contributed by atoms with Gasteiger partial charge in [-0.2, -0.15) is 5.26 Å². The van der Waals surface area contributed by atoms with Crippen LogP contribution in [-0.4, -0.2) is 32.0 Å². The topological polar surface area (TPSA) is 53.3 Å². The van der Waals surface area contributed by atoms with Crippen molar-refractivity contribution in [2.24, 2.45) is 0 Å². The average Bonchev–Trinajstić information content (AvgIpc) is 2.34. The molecule has 0 fully saturated rings. The molecule has 0 aliphatic heterocycles. The van der Waals surface area contributed by atoms with Gasteiger partial charge in [-0.1, -0.05) is 0 Å². The lowest BCUT2D eigenvalue weighted by molar-refractivity contribution is -0.124. The minimum Gasteiger partial charge on any atom is -0.494 e. The second-order valence-electron chi connectivity index (χ2n) is 3.89. The van der Waals surface area contributed by atoms with E-state index in [4.69, 9.17) is 10.00 Å². The Kier molecular flexibility index (Phi) is 5.58. The summed E-state index contributed by atoms with van der Waals surface area (Å²) in [6.07, 6.45) is 1.54. The number of hydrogen-bond donors (Lipinski definition) is 0. The van der Waals surface area contributed by atoms with E-state index in [1.165, 1.54) is 11.0 Å². The van der Waals surface area contributed by atoms with E-state index < -0.39 is 0 Å². The van der Waals surface area contributed by atoms with Gasteiger partial charge in [-0.3, -0.25) is 4.79 Å². The van der Waals surface area contributed by atoms with Crippen LogP contribution in [0, 0.1) is 11.3 Å². The van der Waals surface area contributed by atoms with Crippen molar-refractivity contribution in [3.8, 4) is 11.8 Å². The smallest absolute Gasteiger partial charge is 0.264 e. The van der Waals surface area contributed by atoms with Crippen molar-refractivity contribution in [3.05, 3.63) is 32.2 Å². The molecule has 0 heterocycles. The molecule has 0 aliphatic carbocycles. The number of nitrogens with zero attached hydrogens (tertiary/aromatic N) is 2. The molecule has 0 radical (unpaired) electrons. The highest BCUT2D eigenvalue weighted by Crippen LogP contribution is 2.35. The van der Waals surface area contributed by atoms with Crippen molar-refractivity contribution >= 4 is 43.8 Å². The van der Waals surface area contributed by atoms with Crippen molar-refractivity contribution in [2.75, 3.05) is 21.2 Å². The largest absolute Gasteiger partial charge is 0.494 e. The third-order valence-electron chi connectivity index (χ3n) is 2.29. The van der Waals surface area contributed by atoms with Crippen LogP contribution in [0.4, 0.5) is 0 Å². The maximum Gasteiger partial charge on any atom is 0.264 e. The van der Waals surface area contributed by atoms with Crippen LogP contribution in [0.5, 0.6) is 5.75 Å². The van der Waals surface area contributed by atoms with Crippen LogP contribution >= 0.6 is 31.9 Å². The predicted octanol–water partition coefficient (Wildman–Crippen LogP) is 3.22. The molecule has 0 bridgehead atoms. The number of benzene rings is 1. The number of rotatable bonds is 3. The van der Waals surface area contributed by atoms with Crippen molar-refractivity contribution in [1.29, 1.82) is 5.26 Å². The molecule has 0 aliphatic rings. The van der Waals surface area contributed by atoms with E-state index in [1.807, 2.05) is 6.07 Å². The number of hydrogen-bond acceptors (Lipinski definition) is 3. The van der Waals surface area contributed by atoms with Crippen LogP contribution in [0.2, 0.25) is 0 Å². The van der Waals surface area contributed by atoms with Crippen molar-refractivity contribution in [1.82, 2.24) is 4.90 Å². The number of carbonyl (C=O) groups excluding carboxylic acids is 1. The quantitative estimate of drug-likeness (QED) is 0.591. The standard InChI is InChI=1S/C13H12Br2N2O2/c1-17(2)13(18)9(7-16)4-8-5-10(14)12(19-3)11(15)6-8/h4-6H,1-3H3/b9-4-. The zero-order chi connectivity index (χ0) is 14.6. The Morgan fingerprint density at radius 1 is 1.37 bits per heavy atom. The van der Waals surface area contributed by atoms with E-state index in [9.17, 15) is 4.79 Å². The lowest BCUT2D eigenvalue weighted by Crippen LogP contribution is -2.22. The first-order chi connectivity index (χ1) is 8.90. The third-order valence-corrected chi connectivity index (χ3v) is 3.47. The molecule has 4 nitrogen and oxygen atoms in total. The molecule has 1 aromatic carbocycles. The first-order valence-corrected chi connectivity index (χ1v) is 6.85. The van der Waals surface area contributed by atoms with Gasteiger partial charge < -0.3 is 9.64 Å². The van der Waals surface area contributed by atoms with Crippen molar-refractivity contribution in [3.63, 3.8) is 0 Å². The molecule has 0 spiro atoms. The molecule has 1 rings (SSSR count). The summed E-state index contributed by atoms with van der Waals surface area (Å²) in [5.41, 5.74) is 0.806. The van der Waals surface area contributed by atoms with Crippen LogP contribution in [0.1, 0.15) is 5.56 Å². The van der Waals surface area contributed by atoms with E-state index in [0.29, 0.717) is 5.75 Å². The van der Waals surface area contributed by atoms with Crippen LogP contribution in [0.25, 0.3) is 6.08 Å². The summed E-state index contributed by atoms with van der Waals surface area (Å²) in [5, 5.41) is 9.03. The van der Waals surface area contributed by atoms with Gasteiger partial charge >= 0.3 is 0 Å². The van der Waals surface area contributed by atoms with E-state index >= 15 is 0 Å². The van der Waals surface area contributed by atoms with Crippen LogP contribution in [0.3, 0.4) is 0 Å². The van der Waals surface area contributed by atoms with Crippen LogP contribution < -0.4 is 4.74 Å². The van der Waals surface area contributed by atoms with Gasteiger partial charge in [0.15, 0.2) is 0 Å². The minimum absolute atomic E-state index is 0.0777. The maximum atomic E-state index is 11.8. The second kappa shape index (κ2) is 6.73. The fraction of sp³-hybridized carbons (Fsp3) is 0.231. The highest BCUT2D eigenvalue weighted by Gasteiger charge is 2.12. The zero-order valence-electron chi connectivity index (χ0n) is 10.7. The number of ether oxygens (including phenoxy) is 1. The van der Waals surface area contributed by atoms with Crippen LogP contribution in [-0.2, 0) is 4.79 Å². The van der Waals surface area contributed by atoms with Gasteiger partial charge in [0.2, 0.25) is 0 Å². The fourth-order valence-corrected chi connectivity index (χ4v) is 2.95. The molecule has 1 amide bonds. The maximum absolute atomic E-state index is 11.8. The molecule has 6 heteroatoms.